The number of piperidine rings is 1. The van der Waals surface area contributed by atoms with Crippen molar-refractivity contribution in [3.63, 3.8) is 0 Å². The predicted molar refractivity (Wildman–Crippen MR) is 145 cm³/mol. The van der Waals surface area contributed by atoms with Crippen LogP contribution in [0.4, 0.5) is 6.01 Å². The van der Waals surface area contributed by atoms with Crippen LogP contribution in [0.3, 0.4) is 0 Å². The average Bonchev–Trinajstić information content (AvgIpc) is 3.59. The fourth-order valence-corrected chi connectivity index (χ4v) is 7.96. The molecule has 2 saturated heterocycles. The molecule has 0 saturated carbocycles. The summed E-state index contributed by atoms with van der Waals surface area (Å²) in [5.74, 6) is 0.155. The lowest BCUT2D eigenvalue weighted by molar-refractivity contribution is -0.126. The van der Waals surface area contributed by atoms with E-state index in [0.717, 1.165) is 6.42 Å². The quantitative estimate of drug-likeness (QED) is 0.444. The highest BCUT2D eigenvalue weighted by molar-refractivity contribution is 7.89. The Kier molecular flexibility index (Phi) is 8.98. The molecule has 2 atom stereocenters. The first-order valence-electron chi connectivity index (χ1n) is 13.5. The zero-order valence-electron chi connectivity index (χ0n) is 22.9. The topological polar surface area (TPSA) is 146 Å². The molecule has 0 radical (unpaired) electrons. The molecule has 1 amide bonds. The summed E-state index contributed by atoms with van der Waals surface area (Å²) in [5.41, 5.74) is 0. The van der Waals surface area contributed by atoms with Crippen LogP contribution in [0.2, 0.25) is 0 Å². The van der Waals surface area contributed by atoms with Gasteiger partial charge in [0, 0.05) is 51.2 Å². The third kappa shape index (κ3) is 6.28. The van der Waals surface area contributed by atoms with E-state index >= 15 is 0 Å². The summed E-state index contributed by atoms with van der Waals surface area (Å²) >= 11 is 0. The minimum atomic E-state index is -3.89. The second-order valence-electron chi connectivity index (χ2n) is 10.3. The summed E-state index contributed by atoms with van der Waals surface area (Å²) in [7, 11) is -7.58. The van der Waals surface area contributed by atoms with Gasteiger partial charge in [-0.3, -0.25) is 4.79 Å². The first kappa shape index (κ1) is 29.4. The van der Waals surface area contributed by atoms with Gasteiger partial charge in [-0.05, 0) is 43.5 Å². The van der Waals surface area contributed by atoms with Crippen molar-refractivity contribution in [1.29, 1.82) is 0 Å². The van der Waals surface area contributed by atoms with Gasteiger partial charge in [0.05, 0.1) is 15.7 Å². The maximum absolute atomic E-state index is 13.4. The van der Waals surface area contributed by atoms with Crippen molar-refractivity contribution in [2.45, 2.75) is 68.7 Å². The van der Waals surface area contributed by atoms with E-state index in [9.17, 15) is 21.6 Å². The van der Waals surface area contributed by atoms with Crippen LogP contribution < -0.4 is 10.2 Å². The molecule has 2 aromatic rings. The number of aromatic nitrogens is 2. The first-order valence-corrected chi connectivity index (χ1v) is 16.3. The van der Waals surface area contributed by atoms with Gasteiger partial charge in [-0.2, -0.15) is 13.6 Å². The summed E-state index contributed by atoms with van der Waals surface area (Å²) in [4.78, 5) is 19.5. The molecule has 1 aromatic carbocycles. The molecule has 3 heterocycles. The van der Waals surface area contributed by atoms with Crippen LogP contribution in [0.15, 0.2) is 38.6 Å². The first-order chi connectivity index (χ1) is 18.5. The lowest BCUT2D eigenvalue weighted by Crippen LogP contribution is -2.48. The number of hydrogen-bond donors (Lipinski definition) is 1. The van der Waals surface area contributed by atoms with Crippen LogP contribution in [0.1, 0.15) is 58.7 Å². The number of rotatable bonds is 10. The van der Waals surface area contributed by atoms with E-state index in [1.54, 1.807) is 13.8 Å². The van der Waals surface area contributed by atoms with Gasteiger partial charge in [0.15, 0.2) is 5.82 Å². The van der Waals surface area contributed by atoms with Crippen molar-refractivity contribution < 1.29 is 26.2 Å². The molecule has 0 aliphatic carbocycles. The number of nitrogens with one attached hydrogen (secondary N) is 1. The minimum Gasteiger partial charge on any atom is -0.351 e. The number of amides is 1. The van der Waals surface area contributed by atoms with Crippen LogP contribution >= 0.6 is 0 Å². The Hall–Kier alpha value is -2.55. The zero-order chi connectivity index (χ0) is 28.4. The molecule has 0 unspecified atom stereocenters. The molecule has 1 N–H and O–H groups in total. The molecule has 14 heteroatoms. The Labute approximate surface area is 230 Å². The largest absolute Gasteiger partial charge is 0.351 e. The van der Waals surface area contributed by atoms with Crippen LogP contribution in [-0.2, 0) is 24.8 Å². The van der Waals surface area contributed by atoms with Crippen molar-refractivity contribution in [3.05, 3.63) is 30.1 Å². The van der Waals surface area contributed by atoms with Gasteiger partial charge in [-0.15, -0.1) is 0 Å². The number of benzene rings is 1. The maximum atomic E-state index is 13.4. The number of carbonyl (C=O) groups excluding carboxylic acids is 1. The molecule has 2 aliphatic rings. The molecule has 1 aromatic heterocycles. The van der Waals surface area contributed by atoms with Gasteiger partial charge in [0.2, 0.25) is 26.0 Å². The molecular weight excluding hydrogens is 544 g/mol. The summed E-state index contributed by atoms with van der Waals surface area (Å²) in [6, 6.07) is 5.65. The Morgan fingerprint density at radius 1 is 1.05 bits per heavy atom. The summed E-state index contributed by atoms with van der Waals surface area (Å²) in [6.45, 7) is 9.73. The summed E-state index contributed by atoms with van der Waals surface area (Å²) < 4.78 is 60.2. The van der Waals surface area contributed by atoms with Crippen LogP contribution in [-0.4, -0.2) is 86.8 Å². The molecular formula is C25H38N6O6S2. The molecule has 0 bridgehead atoms. The Morgan fingerprint density at radius 3 is 2.33 bits per heavy atom. The highest BCUT2D eigenvalue weighted by Gasteiger charge is 2.35. The van der Waals surface area contributed by atoms with Crippen LogP contribution in [0.5, 0.6) is 0 Å². The fraction of sp³-hybridized carbons (Fsp3) is 0.640. The summed E-state index contributed by atoms with van der Waals surface area (Å²) in [5, 5.41) is 7.07. The van der Waals surface area contributed by atoms with E-state index in [4.69, 9.17) is 4.52 Å². The molecule has 216 valence electrons. The van der Waals surface area contributed by atoms with E-state index < -0.39 is 26.0 Å². The van der Waals surface area contributed by atoms with Gasteiger partial charge < -0.3 is 14.7 Å². The average molecular weight is 583 g/mol. The Balaban J connectivity index is 1.37. The maximum Gasteiger partial charge on any atom is 0.324 e. The third-order valence-corrected chi connectivity index (χ3v) is 11.3. The summed E-state index contributed by atoms with van der Waals surface area (Å²) in [6.07, 6.45) is 1.88. The van der Waals surface area contributed by atoms with Crippen molar-refractivity contribution in [2.24, 2.45) is 5.92 Å². The van der Waals surface area contributed by atoms with Crippen molar-refractivity contribution in [2.75, 3.05) is 44.2 Å². The van der Waals surface area contributed by atoms with Gasteiger partial charge in [-0.1, -0.05) is 32.9 Å². The highest BCUT2D eigenvalue weighted by atomic mass is 32.2. The van der Waals surface area contributed by atoms with Crippen molar-refractivity contribution >= 4 is 32.0 Å². The molecule has 39 heavy (non-hydrogen) atoms. The number of carbonyl (C=O) groups is 1. The van der Waals surface area contributed by atoms with E-state index in [0.29, 0.717) is 57.4 Å². The number of anilines is 1. The molecule has 12 nitrogen and oxygen atoms in total. The Morgan fingerprint density at radius 2 is 1.72 bits per heavy atom. The predicted octanol–water partition coefficient (Wildman–Crippen LogP) is 2.02. The van der Waals surface area contributed by atoms with Crippen LogP contribution in [0, 0.1) is 5.92 Å². The van der Waals surface area contributed by atoms with Gasteiger partial charge in [-0.25, -0.2) is 16.8 Å². The van der Waals surface area contributed by atoms with E-state index in [1.807, 2.05) is 18.7 Å². The lowest BCUT2D eigenvalue weighted by atomic mass is 9.98. The fourth-order valence-electron chi connectivity index (χ4n) is 4.98. The van der Waals surface area contributed by atoms with Gasteiger partial charge in [0.1, 0.15) is 0 Å². The van der Waals surface area contributed by atoms with Gasteiger partial charge >= 0.3 is 6.01 Å². The van der Waals surface area contributed by atoms with Crippen LogP contribution in [0.25, 0.3) is 0 Å². The third-order valence-electron chi connectivity index (χ3n) is 7.31. The smallest absolute Gasteiger partial charge is 0.324 e. The second-order valence-corrected chi connectivity index (χ2v) is 14.2. The number of hydrogen-bond acceptors (Lipinski definition) is 9. The zero-order valence-corrected chi connectivity index (χ0v) is 24.5. The van der Waals surface area contributed by atoms with E-state index in [2.05, 4.69) is 15.5 Å². The minimum absolute atomic E-state index is 0.00816. The standard InChI is InChI=1S/C25H38N6O6S2/c1-5-30(6-2)38(33,34)21-9-11-22(12-10-21)39(35,36)31-14-7-8-19(16-31)24(32)26-20-13-15-29(17-20)25-27-23(18(3)4)28-37-25/h9-12,18-20H,5-8,13-17H2,1-4H3,(H,26,32)/t19-,20-/m1/s1. The van der Waals surface area contributed by atoms with Gasteiger partial charge in [0.25, 0.3) is 0 Å². The SMILES string of the molecule is CCN(CC)S(=O)(=O)c1ccc(S(=O)(=O)N2CCC[C@@H](C(=O)N[C@@H]3CCN(c4nc(C(C)C)no4)C3)C2)cc1. The molecule has 4 rings (SSSR count). The van der Waals surface area contributed by atoms with E-state index in [1.165, 1.54) is 32.9 Å². The molecule has 2 fully saturated rings. The number of nitrogens with zero attached hydrogens (tertiary/aromatic N) is 5. The Bertz CT molecular complexity index is 1360. The lowest BCUT2D eigenvalue weighted by Gasteiger charge is -2.32. The normalized spacial score (nSPS) is 21.1. The van der Waals surface area contributed by atoms with Crippen molar-refractivity contribution in [3.8, 4) is 0 Å². The monoisotopic (exact) mass is 582 g/mol. The molecule has 2 aliphatic heterocycles. The second kappa shape index (κ2) is 11.9. The van der Waals surface area contributed by atoms with E-state index in [-0.39, 0.29) is 34.2 Å². The molecule has 0 spiro atoms. The highest BCUT2D eigenvalue weighted by Crippen LogP contribution is 2.27. The number of sulfonamides is 2. The van der Waals surface area contributed by atoms with Crippen molar-refractivity contribution in [1.82, 2.24) is 24.1 Å².